The summed E-state index contributed by atoms with van der Waals surface area (Å²) in [6, 6.07) is 15.9. The third-order valence-corrected chi connectivity index (χ3v) is 4.30. The Bertz CT molecular complexity index is 835. The molecule has 3 aromatic rings. The van der Waals surface area contributed by atoms with E-state index < -0.39 is 0 Å². The molecule has 1 aromatic heterocycles. The average molecular weight is 336 g/mol. The van der Waals surface area contributed by atoms with E-state index in [0.717, 1.165) is 47.6 Å². The first kappa shape index (κ1) is 17.2. The van der Waals surface area contributed by atoms with E-state index >= 15 is 0 Å². The van der Waals surface area contributed by atoms with Gasteiger partial charge in [-0.25, -0.2) is 0 Å². The van der Waals surface area contributed by atoms with Crippen molar-refractivity contribution in [2.75, 3.05) is 26.2 Å². The number of aromatic nitrogens is 1. The van der Waals surface area contributed by atoms with Gasteiger partial charge in [-0.3, -0.25) is 0 Å². The maximum atomic E-state index is 5.99. The highest BCUT2D eigenvalue weighted by Gasteiger charge is 2.05. The zero-order chi connectivity index (χ0) is 17.5. The fourth-order valence-electron chi connectivity index (χ4n) is 2.77. The molecule has 0 bridgehead atoms. The average Bonchev–Trinajstić information content (AvgIpc) is 3.07. The Morgan fingerprint density at radius 1 is 1.00 bits per heavy atom. The second-order valence-electron chi connectivity index (χ2n) is 5.81. The molecular weight excluding hydrogens is 312 g/mol. The lowest BCUT2D eigenvalue weighted by molar-refractivity contribution is 0.222. The van der Waals surface area contributed by atoms with E-state index in [1.807, 2.05) is 60.7 Å². The number of ether oxygens (including phenoxy) is 1. The summed E-state index contributed by atoms with van der Waals surface area (Å²) in [5, 5.41) is 5.15. The number of nitrogens with zero attached hydrogens (tertiary/aromatic N) is 2. The smallest absolute Gasteiger partial charge is 0.167 e. The Labute approximate surface area is 148 Å². The van der Waals surface area contributed by atoms with Crippen molar-refractivity contribution in [2.24, 2.45) is 0 Å². The van der Waals surface area contributed by atoms with E-state index in [1.54, 1.807) is 0 Å². The molecule has 0 aliphatic heterocycles. The lowest BCUT2D eigenvalue weighted by atomic mass is 10.1. The maximum absolute atomic E-state index is 5.99. The van der Waals surface area contributed by atoms with Crippen molar-refractivity contribution in [1.82, 2.24) is 10.1 Å². The quantitative estimate of drug-likeness (QED) is 0.597. The monoisotopic (exact) mass is 336 g/mol. The number of fused-ring (bicyclic) bond motifs is 1. The molecule has 0 saturated carbocycles. The van der Waals surface area contributed by atoms with Crippen molar-refractivity contribution in [1.29, 1.82) is 0 Å². The lowest BCUT2D eigenvalue weighted by Gasteiger charge is -2.18. The Kier molecular flexibility index (Phi) is 5.86. The summed E-state index contributed by atoms with van der Waals surface area (Å²) in [5.41, 5.74) is 2.66. The summed E-state index contributed by atoms with van der Waals surface area (Å²) in [7, 11) is 0. The van der Waals surface area contributed by atoms with Gasteiger partial charge in [-0.1, -0.05) is 49.3 Å². The van der Waals surface area contributed by atoms with Gasteiger partial charge in [-0.05, 0) is 43.4 Å². The lowest BCUT2D eigenvalue weighted by Crippen LogP contribution is -2.27. The molecule has 4 nitrogen and oxygen atoms in total. The molecule has 0 saturated heterocycles. The summed E-state index contributed by atoms with van der Waals surface area (Å²) in [6.45, 7) is 8.03. The van der Waals surface area contributed by atoms with Crippen molar-refractivity contribution in [2.45, 2.75) is 13.8 Å². The van der Waals surface area contributed by atoms with E-state index in [0.29, 0.717) is 6.61 Å². The molecule has 25 heavy (non-hydrogen) atoms. The van der Waals surface area contributed by atoms with Crippen molar-refractivity contribution in [3.05, 3.63) is 59.8 Å². The Hall–Kier alpha value is -2.59. The largest absolute Gasteiger partial charge is 0.492 e. The van der Waals surface area contributed by atoms with Gasteiger partial charge in [0.1, 0.15) is 18.1 Å². The van der Waals surface area contributed by atoms with E-state index in [2.05, 4.69) is 23.9 Å². The molecule has 0 N–H and O–H groups in total. The van der Waals surface area contributed by atoms with Gasteiger partial charge in [0.2, 0.25) is 0 Å². The Morgan fingerprint density at radius 3 is 2.60 bits per heavy atom. The molecule has 0 aliphatic rings. The van der Waals surface area contributed by atoms with Crippen LogP contribution in [0.1, 0.15) is 25.1 Å². The highest BCUT2D eigenvalue weighted by molar-refractivity contribution is 5.88. The topological polar surface area (TPSA) is 38.5 Å². The predicted molar refractivity (Wildman–Crippen MR) is 103 cm³/mol. The first-order valence-corrected chi connectivity index (χ1v) is 8.78. The Balaban J connectivity index is 1.72. The SMILES string of the molecule is CCN(CC)CCOc1ccccc1/C=C/c1noc2ccccc12. The number of benzene rings is 2. The van der Waals surface area contributed by atoms with Crippen LogP contribution in [0, 0.1) is 0 Å². The fourth-order valence-corrected chi connectivity index (χ4v) is 2.77. The molecule has 0 radical (unpaired) electrons. The van der Waals surface area contributed by atoms with Crippen LogP contribution < -0.4 is 4.74 Å². The normalized spacial score (nSPS) is 11.6. The van der Waals surface area contributed by atoms with Crippen LogP contribution in [0.4, 0.5) is 0 Å². The first-order valence-electron chi connectivity index (χ1n) is 8.78. The molecule has 1 heterocycles. The van der Waals surface area contributed by atoms with Gasteiger partial charge in [0.15, 0.2) is 5.58 Å². The molecule has 3 rings (SSSR count). The van der Waals surface area contributed by atoms with Gasteiger partial charge < -0.3 is 14.2 Å². The minimum absolute atomic E-state index is 0.680. The minimum atomic E-state index is 0.680. The zero-order valence-corrected chi connectivity index (χ0v) is 14.8. The van der Waals surface area contributed by atoms with Gasteiger partial charge >= 0.3 is 0 Å². The third kappa shape index (κ3) is 4.28. The standard InChI is InChI=1S/C21H24N2O2/c1-3-23(4-2)15-16-24-20-11-7-5-9-17(20)13-14-19-18-10-6-8-12-21(18)25-22-19/h5-14H,3-4,15-16H2,1-2H3/b14-13+. The molecule has 0 atom stereocenters. The highest BCUT2D eigenvalue weighted by Crippen LogP contribution is 2.23. The van der Waals surface area contributed by atoms with Crippen molar-refractivity contribution < 1.29 is 9.26 Å². The highest BCUT2D eigenvalue weighted by atomic mass is 16.5. The van der Waals surface area contributed by atoms with Crippen LogP contribution in [0.3, 0.4) is 0 Å². The van der Waals surface area contributed by atoms with Crippen LogP contribution in [0.2, 0.25) is 0 Å². The van der Waals surface area contributed by atoms with Crippen molar-refractivity contribution in [3.8, 4) is 5.75 Å². The van der Waals surface area contributed by atoms with E-state index in [1.165, 1.54) is 0 Å². The van der Waals surface area contributed by atoms with E-state index in [-0.39, 0.29) is 0 Å². The summed E-state index contributed by atoms with van der Waals surface area (Å²) >= 11 is 0. The molecule has 4 heteroatoms. The number of para-hydroxylation sites is 2. The number of likely N-dealkylation sites (N-methyl/N-ethyl adjacent to an activating group) is 1. The molecule has 0 fully saturated rings. The second-order valence-corrected chi connectivity index (χ2v) is 5.81. The number of hydrogen-bond donors (Lipinski definition) is 0. The molecule has 0 spiro atoms. The van der Waals surface area contributed by atoms with Crippen LogP contribution in [-0.2, 0) is 0 Å². The number of hydrogen-bond acceptors (Lipinski definition) is 4. The van der Waals surface area contributed by atoms with E-state index in [4.69, 9.17) is 9.26 Å². The van der Waals surface area contributed by atoms with Crippen molar-refractivity contribution in [3.63, 3.8) is 0 Å². The van der Waals surface area contributed by atoms with Gasteiger partial charge in [0, 0.05) is 17.5 Å². The molecule has 0 unspecified atom stereocenters. The summed E-state index contributed by atoms with van der Waals surface area (Å²) in [5.74, 6) is 0.888. The van der Waals surface area contributed by atoms with Crippen LogP contribution >= 0.6 is 0 Å². The minimum Gasteiger partial charge on any atom is -0.492 e. The fraction of sp³-hybridized carbons (Fsp3) is 0.286. The van der Waals surface area contributed by atoms with Crippen LogP contribution in [0.5, 0.6) is 5.75 Å². The first-order chi connectivity index (χ1) is 12.3. The second kappa shape index (κ2) is 8.49. The van der Waals surface area contributed by atoms with Gasteiger partial charge in [0.05, 0.1) is 0 Å². The molecule has 0 aliphatic carbocycles. The molecule has 130 valence electrons. The summed E-state index contributed by atoms with van der Waals surface area (Å²) < 4.78 is 11.3. The number of rotatable bonds is 8. The summed E-state index contributed by atoms with van der Waals surface area (Å²) in [6.07, 6.45) is 4.00. The van der Waals surface area contributed by atoms with Crippen LogP contribution in [0.25, 0.3) is 23.1 Å². The summed E-state index contributed by atoms with van der Waals surface area (Å²) in [4.78, 5) is 2.35. The predicted octanol–water partition coefficient (Wildman–Crippen LogP) is 4.72. The van der Waals surface area contributed by atoms with Gasteiger partial charge in [0.25, 0.3) is 0 Å². The van der Waals surface area contributed by atoms with Crippen molar-refractivity contribution >= 4 is 23.1 Å². The van der Waals surface area contributed by atoms with E-state index in [9.17, 15) is 0 Å². The van der Waals surface area contributed by atoms with Crippen LogP contribution in [0.15, 0.2) is 53.1 Å². The maximum Gasteiger partial charge on any atom is 0.167 e. The zero-order valence-electron chi connectivity index (χ0n) is 14.8. The van der Waals surface area contributed by atoms with Gasteiger partial charge in [-0.15, -0.1) is 0 Å². The Morgan fingerprint density at radius 2 is 1.76 bits per heavy atom. The van der Waals surface area contributed by atoms with Crippen LogP contribution in [-0.4, -0.2) is 36.3 Å². The molecule has 0 amide bonds. The third-order valence-electron chi connectivity index (χ3n) is 4.30. The molecular formula is C21H24N2O2. The molecule has 2 aromatic carbocycles. The van der Waals surface area contributed by atoms with Gasteiger partial charge in [-0.2, -0.15) is 0 Å².